The Kier molecular flexibility index (Phi) is 6.67. The Bertz CT molecular complexity index is 315. The fourth-order valence-corrected chi connectivity index (χ4v) is 1.80. The van der Waals surface area contributed by atoms with E-state index in [2.05, 4.69) is 18.3 Å². The van der Waals surface area contributed by atoms with Crippen molar-refractivity contribution in [1.29, 1.82) is 0 Å². The lowest BCUT2D eigenvalue weighted by molar-refractivity contribution is 0.0607. The molecule has 0 bridgehead atoms. The Morgan fingerprint density at radius 3 is 2.65 bits per heavy atom. The highest BCUT2D eigenvalue weighted by Gasteiger charge is 2.15. The van der Waals surface area contributed by atoms with Crippen LogP contribution in [-0.2, 0) is 4.74 Å². The summed E-state index contributed by atoms with van der Waals surface area (Å²) in [4.78, 5) is 0. The first-order valence-electron chi connectivity index (χ1n) is 6.28. The van der Waals surface area contributed by atoms with Crippen LogP contribution in [0.15, 0.2) is 24.3 Å². The van der Waals surface area contributed by atoms with Crippen molar-refractivity contribution in [2.45, 2.75) is 26.4 Å². The third-order valence-electron chi connectivity index (χ3n) is 2.61. The molecule has 1 unspecified atom stereocenters. The number of methoxy groups -OCH3 is 1. The second kappa shape index (κ2) is 8.09. The smallest absolute Gasteiger partial charge is 0.124 e. The molecule has 1 rings (SSSR count). The first-order valence-corrected chi connectivity index (χ1v) is 6.28. The molecule has 0 saturated heterocycles. The highest BCUT2D eigenvalue weighted by atomic mass is 16.5. The molecule has 0 aliphatic heterocycles. The largest absolute Gasteiger partial charge is 0.496 e. The van der Waals surface area contributed by atoms with E-state index in [9.17, 15) is 0 Å². The highest BCUT2D eigenvalue weighted by Crippen LogP contribution is 2.26. The van der Waals surface area contributed by atoms with Gasteiger partial charge in [-0.25, -0.2) is 0 Å². The van der Waals surface area contributed by atoms with Gasteiger partial charge in [-0.3, -0.25) is 0 Å². The Morgan fingerprint density at radius 1 is 1.24 bits per heavy atom. The molecule has 17 heavy (non-hydrogen) atoms. The monoisotopic (exact) mass is 237 g/mol. The van der Waals surface area contributed by atoms with Crippen molar-refractivity contribution in [3.8, 4) is 5.75 Å². The predicted molar refractivity (Wildman–Crippen MR) is 70.5 cm³/mol. The lowest BCUT2D eigenvalue weighted by Crippen LogP contribution is -2.24. The van der Waals surface area contributed by atoms with Crippen LogP contribution in [0.5, 0.6) is 5.75 Å². The number of ether oxygens (including phenoxy) is 2. The van der Waals surface area contributed by atoms with E-state index in [1.54, 1.807) is 7.11 Å². The second-order valence-electron chi connectivity index (χ2n) is 3.89. The number of rotatable bonds is 8. The average molecular weight is 237 g/mol. The van der Waals surface area contributed by atoms with Gasteiger partial charge >= 0.3 is 0 Å². The summed E-state index contributed by atoms with van der Waals surface area (Å²) in [5.41, 5.74) is 1.11. The molecule has 1 atom stereocenters. The number of hydrogen-bond acceptors (Lipinski definition) is 3. The zero-order valence-corrected chi connectivity index (χ0v) is 11.0. The Labute approximate surface area is 104 Å². The summed E-state index contributed by atoms with van der Waals surface area (Å²) in [7, 11) is 1.70. The van der Waals surface area contributed by atoms with Crippen molar-refractivity contribution in [2.24, 2.45) is 0 Å². The van der Waals surface area contributed by atoms with Crippen LogP contribution in [-0.4, -0.2) is 26.8 Å². The molecule has 0 amide bonds. The molecule has 0 saturated carbocycles. The van der Waals surface area contributed by atoms with Gasteiger partial charge in [0.15, 0.2) is 0 Å². The van der Waals surface area contributed by atoms with Crippen molar-refractivity contribution in [2.75, 3.05) is 26.8 Å². The van der Waals surface area contributed by atoms with Crippen LogP contribution >= 0.6 is 0 Å². The quantitative estimate of drug-likeness (QED) is 0.705. The summed E-state index contributed by atoms with van der Waals surface area (Å²) in [6, 6.07) is 8.03. The van der Waals surface area contributed by atoms with E-state index >= 15 is 0 Å². The molecule has 3 heteroatoms. The first kappa shape index (κ1) is 14.0. The van der Waals surface area contributed by atoms with Gasteiger partial charge in [0.25, 0.3) is 0 Å². The molecule has 0 spiro atoms. The number of benzene rings is 1. The van der Waals surface area contributed by atoms with Gasteiger partial charge in [0, 0.05) is 18.7 Å². The second-order valence-corrected chi connectivity index (χ2v) is 3.89. The molecule has 0 aliphatic rings. The van der Waals surface area contributed by atoms with Crippen LogP contribution in [0.4, 0.5) is 0 Å². The van der Waals surface area contributed by atoms with Gasteiger partial charge in [-0.05, 0) is 26.0 Å². The summed E-state index contributed by atoms with van der Waals surface area (Å²) >= 11 is 0. The lowest BCUT2D eigenvalue weighted by atomic mass is 10.1. The van der Waals surface area contributed by atoms with Gasteiger partial charge in [0.2, 0.25) is 0 Å². The average Bonchev–Trinajstić information content (AvgIpc) is 2.38. The van der Waals surface area contributed by atoms with Crippen molar-refractivity contribution >= 4 is 0 Å². The van der Waals surface area contributed by atoms with E-state index < -0.39 is 0 Å². The minimum Gasteiger partial charge on any atom is -0.496 e. The third-order valence-corrected chi connectivity index (χ3v) is 2.61. The zero-order valence-electron chi connectivity index (χ0n) is 11.0. The van der Waals surface area contributed by atoms with Gasteiger partial charge in [0.1, 0.15) is 5.75 Å². The third kappa shape index (κ3) is 4.36. The molecule has 1 N–H and O–H groups in total. The maximum atomic E-state index is 5.77. The Morgan fingerprint density at radius 2 is 2.00 bits per heavy atom. The maximum Gasteiger partial charge on any atom is 0.124 e. The van der Waals surface area contributed by atoms with Crippen molar-refractivity contribution < 1.29 is 9.47 Å². The van der Waals surface area contributed by atoms with E-state index in [1.807, 2.05) is 25.1 Å². The molecule has 0 radical (unpaired) electrons. The highest BCUT2D eigenvalue weighted by molar-refractivity contribution is 5.35. The SMILES string of the molecule is CCCNCC(OCC)c1ccccc1OC. The van der Waals surface area contributed by atoms with E-state index in [1.165, 1.54) is 0 Å². The molecule has 96 valence electrons. The summed E-state index contributed by atoms with van der Waals surface area (Å²) in [6.45, 7) is 6.71. The Hall–Kier alpha value is -1.06. The van der Waals surface area contributed by atoms with E-state index in [-0.39, 0.29) is 6.10 Å². The molecule has 0 aromatic heterocycles. The van der Waals surface area contributed by atoms with Crippen LogP contribution in [0, 0.1) is 0 Å². The summed E-state index contributed by atoms with van der Waals surface area (Å²) in [5.74, 6) is 0.893. The number of nitrogens with one attached hydrogen (secondary N) is 1. The molecule has 0 heterocycles. The van der Waals surface area contributed by atoms with E-state index in [0.29, 0.717) is 6.61 Å². The standard InChI is InChI=1S/C14H23NO2/c1-4-10-15-11-14(17-5-2)12-8-6-7-9-13(12)16-3/h6-9,14-15H,4-5,10-11H2,1-3H3. The topological polar surface area (TPSA) is 30.5 Å². The van der Waals surface area contributed by atoms with Crippen LogP contribution in [0.25, 0.3) is 0 Å². The molecule has 0 fully saturated rings. The first-order chi connectivity index (χ1) is 8.33. The van der Waals surface area contributed by atoms with Crippen LogP contribution in [0.3, 0.4) is 0 Å². The summed E-state index contributed by atoms with van der Waals surface area (Å²) in [6.07, 6.45) is 1.19. The minimum absolute atomic E-state index is 0.0581. The van der Waals surface area contributed by atoms with Gasteiger partial charge < -0.3 is 14.8 Å². The number of para-hydroxylation sites is 1. The maximum absolute atomic E-state index is 5.77. The van der Waals surface area contributed by atoms with Crippen LogP contribution < -0.4 is 10.1 Å². The molecule has 3 nitrogen and oxygen atoms in total. The van der Waals surface area contributed by atoms with Gasteiger partial charge in [-0.2, -0.15) is 0 Å². The van der Waals surface area contributed by atoms with E-state index in [0.717, 1.165) is 30.8 Å². The van der Waals surface area contributed by atoms with Gasteiger partial charge in [-0.1, -0.05) is 25.1 Å². The summed E-state index contributed by atoms with van der Waals surface area (Å²) in [5, 5.41) is 3.39. The van der Waals surface area contributed by atoms with Crippen molar-refractivity contribution in [3.05, 3.63) is 29.8 Å². The van der Waals surface area contributed by atoms with Gasteiger partial charge in [0.05, 0.1) is 13.2 Å². The molecule has 1 aromatic carbocycles. The van der Waals surface area contributed by atoms with Crippen molar-refractivity contribution in [3.63, 3.8) is 0 Å². The fourth-order valence-electron chi connectivity index (χ4n) is 1.80. The minimum atomic E-state index is 0.0581. The van der Waals surface area contributed by atoms with Crippen LogP contribution in [0.1, 0.15) is 31.9 Å². The van der Waals surface area contributed by atoms with Crippen molar-refractivity contribution in [1.82, 2.24) is 5.32 Å². The zero-order chi connectivity index (χ0) is 12.5. The van der Waals surface area contributed by atoms with Gasteiger partial charge in [-0.15, -0.1) is 0 Å². The number of hydrogen-bond donors (Lipinski definition) is 1. The normalized spacial score (nSPS) is 12.4. The molecule has 1 aromatic rings. The molecule has 0 aliphatic carbocycles. The predicted octanol–water partition coefficient (Wildman–Crippen LogP) is 2.77. The summed E-state index contributed by atoms with van der Waals surface area (Å²) < 4.78 is 11.1. The van der Waals surface area contributed by atoms with Crippen LogP contribution in [0.2, 0.25) is 0 Å². The Balaban J connectivity index is 2.73. The molecular formula is C14H23NO2. The molecular weight excluding hydrogens is 214 g/mol. The lowest BCUT2D eigenvalue weighted by Gasteiger charge is -2.20. The fraction of sp³-hybridized carbons (Fsp3) is 0.571. The van der Waals surface area contributed by atoms with E-state index in [4.69, 9.17) is 9.47 Å².